The lowest BCUT2D eigenvalue weighted by Crippen LogP contribution is -2.66. The summed E-state index contributed by atoms with van der Waals surface area (Å²) in [5.41, 5.74) is -1.75. The van der Waals surface area contributed by atoms with Gasteiger partial charge in [-0.25, -0.2) is 0 Å². The second-order valence-electron chi connectivity index (χ2n) is 9.53. The number of hydrogen-bond acceptors (Lipinski definition) is 5. The molecule has 1 aromatic carbocycles. The molecule has 0 saturated heterocycles. The summed E-state index contributed by atoms with van der Waals surface area (Å²) in [6.45, 7) is 6.36. The second-order valence-corrected chi connectivity index (χ2v) is 10.5. The van der Waals surface area contributed by atoms with Gasteiger partial charge < -0.3 is 4.90 Å². The number of Topliss-reactive ketones (excluding diaryl/α,β-unsaturated/α-hetero) is 2. The SMILES string of the molecule is CCCCCCN(CCCCCC)c1ccc(C2=C[C@@]3(C#N)C(=O)C(Cl)C(Cl)C(=O)[C@@]23C#N)cc1. The van der Waals surface area contributed by atoms with E-state index in [0.717, 1.165) is 31.6 Å². The molecule has 5 nitrogen and oxygen atoms in total. The van der Waals surface area contributed by atoms with Gasteiger partial charge in [-0.15, -0.1) is 23.2 Å². The van der Waals surface area contributed by atoms with E-state index in [1.807, 2.05) is 36.4 Å². The van der Waals surface area contributed by atoms with Crippen LogP contribution in [0.25, 0.3) is 5.57 Å². The van der Waals surface area contributed by atoms with Crippen molar-refractivity contribution >= 4 is 46.0 Å². The van der Waals surface area contributed by atoms with E-state index in [1.165, 1.54) is 44.6 Å². The highest BCUT2D eigenvalue weighted by Gasteiger charge is 2.75. The van der Waals surface area contributed by atoms with Crippen molar-refractivity contribution in [2.75, 3.05) is 18.0 Å². The first kappa shape index (κ1) is 27.3. The summed E-state index contributed by atoms with van der Waals surface area (Å²) in [7, 11) is 0. The molecule has 0 bridgehead atoms. The number of allylic oxidation sites excluding steroid dienone is 2. The zero-order valence-corrected chi connectivity index (χ0v) is 22.0. The van der Waals surface area contributed by atoms with Crippen molar-refractivity contribution in [2.45, 2.75) is 76.0 Å². The zero-order valence-electron chi connectivity index (χ0n) is 20.5. The van der Waals surface area contributed by atoms with Crippen molar-refractivity contribution in [3.63, 3.8) is 0 Å². The van der Waals surface area contributed by atoms with E-state index < -0.39 is 33.2 Å². The Hall–Kier alpha value is -2.34. The number of hydrogen-bond donors (Lipinski definition) is 0. The molecule has 1 fully saturated rings. The van der Waals surface area contributed by atoms with Gasteiger partial charge in [-0.3, -0.25) is 9.59 Å². The van der Waals surface area contributed by atoms with Crippen LogP contribution in [-0.2, 0) is 9.59 Å². The molecule has 2 aliphatic carbocycles. The predicted molar refractivity (Wildman–Crippen MR) is 140 cm³/mol. The average molecular weight is 514 g/mol. The smallest absolute Gasteiger partial charge is 0.179 e. The maximum atomic E-state index is 13.2. The summed E-state index contributed by atoms with van der Waals surface area (Å²) in [5, 5.41) is 17.3. The van der Waals surface area contributed by atoms with Crippen LogP contribution in [0.3, 0.4) is 0 Å². The Morgan fingerprint density at radius 3 is 1.86 bits per heavy atom. The minimum absolute atomic E-state index is 0.359. The Bertz CT molecular complexity index is 1040. The van der Waals surface area contributed by atoms with Crippen LogP contribution in [0.5, 0.6) is 0 Å². The highest BCUT2D eigenvalue weighted by Crippen LogP contribution is 2.64. The van der Waals surface area contributed by atoms with Gasteiger partial charge in [0.15, 0.2) is 22.4 Å². The number of unbranched alkanes of at least 4 members (excludes halogenated alkanes) is 6. The molecule has 3 rings (SSSR count). The first-order valence-electron chi connectivity index (χ1n) is 12.6. The van der Waals surface area contributed by atoms with E-state index in [1.54, 1.807) is 0 Å². The molecule has 35 heavy (non-hydrogen) atoms. The Kier molecular flexibility index (Phi) is 9.03. The van der Waals surface area contributed by atoms with Gasteiger partial charge in [-0.1, -0.05) is 64.5 Å². The van der Waals surface area contributed by atoms with E-state index in [0.29, 0.717) is 11.1 Å². The van der Waals surface area contributed by atoms with Crippen LogP contribution >= 0.6 is 23.2 Å². The number of anilines is 1. The highest BCUT2D eigenvalue weighted by molar-refractivity contribution is 6.48. The molecule has 0 aliphatic heterocycles. The monoisotopic (exact) mass is 513 g/mol. The molecule has 0 amide bonds. The van der Waals surface area contributed by atoms with Crippen molar-refractivity contribution in [2.24, 2.45) is 10.8 Å². The average Bonchev–Trinajstić information content (AvgIpc) is 2.87. The third kappa shape index (κ3) is 4.62. The number of rotatable bonds is 12. The van der Waals surface area contributed by atoms with Gasteiger partial charge >= 0.3 is 0 Å². The number of nitrogens with zero attached hydrogens (tertiary/aromatic N) is 3. The summed E-state index contributed by atoms with van der Waals surface area (Å²) in [5.74, 6) is -1.37. The van der Waals surface area contributed by atoms with Crippen molar-refractivity contribution in [1.29, 1.82) is 10.5 Å². The minimum Gasteiger partial charge on any atom is -0.372 e. The Labute approximate surface area is 218 Å². The van der Waals surface area contributed by atoms with Crippen LogP contribution in [-0.4, -0.2) is 35.4 Å². The number of carbonyl (C=O) groups excluding carboxylic acids is 2. The maximum Gasteiger partial charge on any atom is 0.179 e. The molecule has 7 heteroatoms. The van der Waals surface area contributed by atoms with Crippen molar-refractivity contribution in [3.8, 4) is 12.1 Å². The molecule has 1 aromatic rings. The fourth-order valence-corrected chi connectivity index (χ4v) is 5.76. The fraction of sp³-hybridized carbons (Fsp3) is 0.571. The Morgan fingerprint density at radius 2 is 1.37 bits per heavy atom. The molecule has 0 spiro atoms. The van der Waals surface area contributed by atoms with Crippen molar-refractivity contribution in [3.05, 3.63) is 35.9 Å². The summed E-state index contributed by atoms with van der Waals surface area (Å²) < 4.78 is 0. The number of nitriles is 2. The minimum atomic E-state index is -1.93. The van der Waals surface area contributed by atoms with E-state index in [2.05, 4.69) is 18.7 Å². The molecule has 1 saturated carbocycles. The molecule has 0 heterocycles. The van der Waals surface area contributed by atoms with Crippen LogP contribution in [0.2, 0.25) is 0 Å². The lowest BCUT2D eigenvalue weighted by atomic mass is 9.44. The Morgan fingerprint density at radius 1 is 0.829 bits per heavy atom. The highest BCUT2D eigenvalue weighted by atomic mass is 35.5. The number of ketones is 2. The molecular weight excluding hydrogens is 481 g/mol. The topological polar surface area (TPSA) is 85.0 Å². The van der Waals surface area contributed by atoms with Crippen molar-refractivity contribution < 1.29 is 9.59 Å². The first-order valence-corrected chi connectivity index (χ1v) is 13.5. The molecule has 2 unspecified atom stereocenters. The van der Waals surface area contributed by atoms with Crippen LogP contribution in [0.15, 0.2) is 30.3 Å². The standard InChI is InChI=1S/C28H33Cl2N3O2/c1-3-5-7-9-15-33(16-10-8-6-4-2)21-13-11-20(12-14-21)22-17-27(18-31)25(34)23(29)24(30)26(35)28(22,27)19-32/h11-14,17,23-24H,3-10,15-16H2,1-2H3/t23?,24?,27-,28-/m1/s1. The quantitative estimate of drug-likeness (QED) is 0.237. The number of alkyl halides is 2. The molecule has 2 aliphatic rings. The number of halogens is 2. The van der Waals surface area contributed by atoms with Gasteiger partial charge in [0, 0.05) is 18.8 Å². The van der Waals surface area contributed by atoms with Gasteiger partial charge in [-0.05, 0) is 42.2 Å². The Balaban J connectivity index is 1.88. The fourth-order valence-electron chi connectivity index (χ4n) is 5.20. The van der Waals surface area contributed by atoms with Gasteiger partial charge in [0.2, 0.25) is 0 Å². The first-order chi connectivity index (χ1) is 16.8. The normalized spacial score (nSPS) is 27.3. The van der Waals surface area contributed by atoms with Crippen LogP contribution in [0.1, 0.15) is 70.8 Å². The molecule has 186 valence electrons. The third-order valence-electron chi connectivity index (χ3n) is 7.32. The predicted octanol–water partition coefficient (Wildman–Crippen LogP) is 6.44. The largest absolute Gasteiger partial charge is 0.372 e. The number of benzene rings is 1. The molecule has 0 radical (unpaired) electrons. The molecule has 0 aromatic heterocycles. The third-order valence-corrected chi connectivity index (χ3v) is 8.35. The van der Waals surface area contributed by atoms with Crippen LogP contribution in [0, 0.1) is 33.5 Å². The van der Waals surface area contributed by atoms with E-state index in [9.17, 15) is 20.1 Å². The van der Waals surface area contributed by atoms with Gasteiger partial charge in [-0.2, -0.15) is 10.5 Å². The number of fused-ring (bicyclic) bond motifs is 1. The van der Waals surface area contributed by atoms with E-state index in [-0.39, 0.29) is 0 Å². The van der Waals surface area contributed by atoms with Crippen molar-refractivity contribution in [1.82, 2.24) is 0 Å². The van der Waals surface area contributed by atoms with Gasteiger partial charge in [0.05, 0.1) is 12.1 Å². The maximum absolute atomic E-state index is 13.2. The summed E-state index contributed by atoms with van der Waals surface area (Å²) in [6.07, 6.45) is 10.9. The van der Waals surface area contributed by atoms with Gasteiger partial charge in [0.1, 0.15) is 10.8 Å². The van der Waals surface area contributed by atoms with Crippen LogP contribution < -0.4 is 4.90 Å². The second kappa shape index (κ2) is 11.6. The lowest BCUT2D eigenvalue weighted by molar-refractivity contribution is -0.141. The molecular formula is C28H33Cl2N3O2. The lowest BCUT2D eigenvalue weighted by Gasteiger charge is -2.52. The van der Waals surface area contributed by atoms with Crippen LogP contribution in [0.4, 0.5) is 5.69 Å². The van der Waals surface area contributed by atoms with Gasteiger partial charge in [0.25, 0.3) is 0 Å². The van der Waals surface area contributed by atoms with E-state index in [4.69, 9.17) is 23.2 Å². The molecule has 4 atom stereocenters. The summed E-state index contributed by atoms with van der Waals surface area (Å²) in [4.78, 5) is 28.4. The molecule has 0 N–H and O–H groups in total. The zero-order chi connectivity index (χ0) is 25.6. The van der Waals surface area contributed by atoms with E-state index >= 15 is 0 Å². The number of carbonyl (C=O) groups is 2. The summed E-state index contributed by atoms with van der Waals surface area (Å²) in [6, 6.07) is 11.6. The summed E-state index contributed by atoms with van der Waals surface area (Å²) >= 11 is 12.2.